The lowest BCUT2D eigenvalue weighted by atomic mass is 10.1. The van der Waals surface area contributed by atoms with Crippen molar-refractivity contribution in [1.29, 1.82) is 0 Å². The molecular weight excluding hydrogens is 385 g/mol. The first kappa shape index (κ1) is 20.1. The number of nitrogens with one attached hydrogen (secondary N) is 2. The SMILES string of the molecule is COc1cc(Nc2ccc(NC(=O)c3ccccc3C(F)(F)F)cc2)nc(C)n1. The third-order valence-electron chi connectivity index (χ3n) is 3.92. The van der Waals surface area contributed by atoms with E-state index >= 15 is 0 Å². The average molecular weight is 402 g/mol. The summed E-state index contributed by atoms with van der Waals surface area (Å²) in [5, 5.41) is 5.54. The van der Waals surface area contributed by atoms with E-state index in [1.807, 2.05) is 0 Å². The third-order valence-corrected chi connectivity index (χ3v) is 3.92. The number of carbonyl (C=O) groups is 1. The molecular formula is C20H17F3N4O2. The Morgan fingerprint density at radius 2 is 1.66 bits per heavy atom. The van der Waals surface area contributed by atoms with E-state index in [0.29, 0.717) is 28.9 Å². The Morgan fingerprint density at radius 1 is 1.00 bits per heavy atom. The number of carbonyl (C=O) groups excluding carboxylic acids is 1. The molecule has 0 fully saturated rings. The van der Waals surface area contributed by atoms with E-state index < -0.39 is 23.2 Å². The van der Waals surface area contributed by atoms with Crippen molar-refractivity contribution < 1.29 is 22.7 Å². The molecule has 2 N–H and O–H groups in total. The molecule has 0 saturated heterocycles. The topological polar surface area (TPSA) is 76.1 Å². The summed E-state index contributed by atoms with van der Waals surface area (Å²) in [5.74, 6) is 0.617. The van der Waals surface area contributed by atoms with Crippen LogP contribution < -0.4 is 15.4 Å². The van der Waals surface area contributed by atoms with Gasteiger partial charge in [0, 0.05) is 17.4 Å². The molecule has 0 atom stereocenters. The van der Waals surface area contributed by atoms with Crippen LogP contribution in [0.2, 0.25) is 0 Å². The van der Waals surface area contributed by atoms with Gasteiger partial charge in [0.2, 0.25) is 5.88 Å². The number of benzene rings is 2. The normalized spacial score (nSPS) is 11.1. The molecule has 3 aromatic rings. The van der Waals surface area contributed by atoms with Crippen LogP contribution in [0.1, 0.15) is 21.7 Å². The number of anilines is 3. The molecule has 0 aliphatic heterocycles. The van der Waals surface area contributed by atoms with Crippen LogP contribution in [0.25, 0.3) is 0 Å². The maximum atomic E-state index is 13.1. The highest BCUT2D eigenvalue weighted by molar-refractivity contribution is 6.05. The second-order valence-electron chi connectivity index (χ2n) is 6.04. The van der Waals surface area contributed by atoms with Gasteiger partial charge in [0.15, 0.2) is 0 Å². The second kappa shape index (κ2) is 8.17. The molecule has 0 bridgehead atoms. The van der Waals surface area contributed by atoms with Gasteiger partial charge in [0.05, 0.1) is 18.2 Å². The number of aryl methyl sites for hydroxylation is 1. The quantitative estimate of drug-likeness (QED) is 0.641. The minimum absolute atomic E-state index is 0.356. The van der Waals surface area contributed by atoms with Gasteiger partial charge in [0.1, 0.15) is 11.6 Å². The fraction of sp³-hybridized carbons (Fsp3) is 0.150. The number of rotatable bonds is 5. The van der Waals surface area contributed by atoms with Crippen molar-refractivity contribution in [2.45, 2.75) is 13.1 Å². The second-order valence-corrected chi connectivity index (χ2v) is 6.04. The summed E-state index contributed by atoms with van der Waals surface area (Å²) in [6, 6.07) is 12.7. The highest BCUT2D eigenvalue weighted by atomic mass is 19.4. The molecule has 0 radical (unpaired) electrons. The Morgan fingerprint density at radius 3 is 2.31 bits per heavy atom. The van der Waals surface area contributed by atoms with Crippen molar-refractivity contribution in [2.75, 3.05) is 17.7 Å². The highest BCUT2D eigenvalue weighted by Crippen LogP contribution is 2.32. The van der Waals surface area contributed by atoms with Crippen LogP contribution in [0.5, 0.6) is 5.88 Å². The molecule has 9 heteroatoms. The Bertz CT molecular complexity index is 1020. The minimum Gasteiger partial charge on any atom is -0.481 e. The van der Waals surface area contributed by atoms with E-state index in [0.717, 1.165) is 12.1 Å². The first-order valence-electron chi connectivity index (χ1n) is 8.50. The number of nitrogens with zero attached hydrogens (tertiary/aromatic N) is 2. The van der Waals surface area contributed by atoms with Gasteiger partial charge in [0.25, 0.3) is 5.91 Å². The summed E-state index contributed by atoms with van der Waals surface area (Å²) in [7, 11) is 1.50. The first-order valence-corrected chi connectivity index (χ1v) is 8.50. The van der Waals surface area contributed by atoms with E-state index in [1.165, 1.54) is 19.2 Å². The Balaban J connectivity index is 1.73. The first-order chi connectivity index (χ1) is 13.8. The van der Waals surface area contributed by atoms with Crippen molar-refractivity contribution in [3.63, 3.8) is 0 Å². The van der Waals surface area contributed by atoms with Crippen LogP contribution >= 0.6 is 0 Å². The molecule has 1 heterocycles. The number of methoxy groups -OCH3 is 1. The van der Waals surface area contributed by atoms with Crippen LogP contribution in [-0.2, 0) is 6.18 Å². The summed E-state index contributed by atoms with van der Waals surface area (Å²) < 4.78 is 44.3. The maximum Gasteiger partial charge on any atom is 0.417 e. The van der Waals surface area contributed by atoms with E-state index in [1.54, 1.807) is 37.3 Å². The molecule has 0 aliphatic rings. The number of amides is 1. The molecule has 1 amide bonds. The van der Waals surface area contributed by atoms with Gasteiger partial charge >= 0.3 is 6.18 Å². The molecule has 1 aromatic heterocycles. The number of aromatic nitrogens is 2. The van der Waals surface area contributed by atoms with E-state index in [2.05, 4.69) is 20.6 Å². The minimum atomic E-state index is -4.61. The largest absolute Gasteiger partial charge is 0.481 e. The summed E-state index contributed by atoms with van der Waals surface area (Å²) >= 11 is 0. The van der Waals surface area contributed by atoms with Crippen molar-refractivity contribution in [1.82, 2.24) is 9.97 Å². The van der Waals surface area contributed by atoms with Crippen LogP contribution in [-0.4, -0.2) is 23.0 Å². The van der Waals surface area contributed by atoms with E-state index in [-0.39, 0.29) is 0 Å². The van der Waals surface area contributed by atoms with Crippen molar-refractivity contribution in [2.24, 2.45) is 0 Å². The fourth-order valence-corrected chi connectivity index (χ4v) is 2.62. The molecule has 6 nitrogen and oxygen atoms in total. The lowest BCUT2D eigenvalue weighted by molar-refractivity contribution is -0.137. The van der Waals surface area contributed by atoms with Gasteiger partial charge in [-0.3, -0.25) is 4.79 Å². The van der Waals surface area contributed by atoms with E-state index in [4.69, 9.17) is 4.74 Å². The molecule has 2 aromatic carbocycles. The predicted molar refractivity (Wildman–Crippen MR) is 102 cm³/mol. The van der Waals surface area contributed by atoms with Crippen molar-refractivity contribution in [3.05, 3.63) is 71.5 Å². The molecule has 0 unspecified atom stereocenters. The zero-order chi connectivity index (χ0) is 21.0. The van der Waals surface area contributed by atoms with Gasteiger partial charge in [-0.2, -0.15) is 18.2 Å². The summed E-state index contributed by atoms with van der Waals surface area (Å²) in [6.45, 7) is 1.73. The smallest absolute Gasteiger partial charge is 0.417 e. The lowest BCUT2D eigenvalue weighted by Gasteiger charge is -2.13. The third kappa shape index (κ3) is 5.01. The molecule has 0 saturated carbocycles. The van der Waals surface area contributed by atoms with E-state index in [9.17, 15) is 18.0 Å². The Hall–Kier alpha value is -3.62. The molecule has 0 spiro atoms. The summed E-state index contributed by atoms with van der Waals surface area (Å²) in [6.07, 6.45) is -4.61. The maximum absolute atomic E-state index is 13.1. The average Bonchev–Trinajstić information content (AvgIpc) is 2.68. The molecule has 0 aliphatic carbocycles. The van der Waals surface area contributed by atoms with Gasteiger partial charge < -0.3 is 15.4 Å². The van der Waals surface area contributed by atoms with Crippen LogP contribution in [0.4, 0.5) is 30.4 Å². The lowest BCUT2D eigenvalue weighted by Crippen LogP contribution is -2.18. The molecule has 3 rings (SSSR count). The number of halogens is 3. The van der Waals surface area contributed by atoms with Gasteiger partial charge in [-0.15, -0.1) is 0 Å². The monoisotopic (exact) mass is 402 g/mol. The van der Waals surface area contributed by atoms with Gasteiger partial charge in [-0.1, -0.05) is 12.1 Å². The number of ether oxygens (including phenoxy) is 1. The zero-order valence-corrected chi connectivity index (χ0v) is 15.5. The summed E-state index contributed by atoms with van der Waals surface area (Å²) in [5.41, 5.74) is -0.401. The molecule has 150 valence electrons. The summed E-state index contributed by atoms with van der Waals surface area (Å²) in [4.78, 5) is 20.6. The zero-order valence-electron chi connectivity index (χ0n) is 15.5. The van der Waals surface area contributed by atoms with Gasteiger partial charge in [-0.05, 0) is 43.3 Å². The predicted octanol–water partition coefficient (Wildman–Crippen LogP) is 4.81. The Labute approximate surface area is 164 Å². The fourth-order valence-electron chi connectivity index (χ4n) is 2.62. The number of alkyl halides is 3. The van der Waals surface area contributed by atoms with Crippen LogP contribution in [0.15, 0.2) is 54.6 Å². The number of hydrogen-bond acceptors (Lipinski definition) is 5. The highest BCUT2D eigenvalue weighted by Gasteiger charge is 2.34. The van der Waals surface area contributed by atoms with Gasteiger partial charge in [-0.25, -0.2) is 4.98 Å². The standard InChI is InChI=1S/C20H17F3N4O2/c1-12-24-17(11-18(25-12)29-2)26-13-7-9-14(10-8-13)27-19(28)15-5-3-4-6-16(15)20(21,22)23/h3-11H,1-2H3,(H,27,28)(H,24,25,26). The van der Waals surface area contributed by atoms with Crippen molar-refractivity contribution in [3.8, 4) is 5.88 Å². The molecule has 29 heavy (non-hydrogen) atoms. The van der Waals surface area contributed by atoms with Crippen LogP contribution in [0, 0.1) is 6.92 Å². The number of hydrogen-bond donors (Lipinski definition) is 2. The Kier molecular flexibility index (Phi) is 5.67. The van der Waals surface area contributed by atoms with Crippen molar-refractivity contribution >= 4 is 23.1 Å². The van der Waals surface area contributed by atoms with Crippen LogP contribution in [0.3, 0.4) is 0 Å².